The number of aromatic nitrogens is 2. The highest BCUT2D eigenvalue weighted by Crippen LogP contribution is 2.17. The van der Waals surface area contributed by atoms with Crippen molar-refractivity contribution in [2.75, 3.05) is 0 Å². The highest BCUT2D eigenvalue weighted by atomic mass is 127. The van der Waals surface area contributed by atoms with E-state index in [0.29, 0.717) is 9.79 Å². The van der Waals surface area contributed by atoms with Crippen molar-refractivity contribution in [3.05, 3.63) is 56.7 Å². The Kier molecular flexibility index (Phi) is 5.17. The molecule has 0 radical (unpaired) electrons. The largest absolute Gasteiger partial charge is 0.445 e. The summed E-state index contributed by atoms with van der Waals surface area (Å²) in [6, 6.07) is 8.04. The Morgan fingerprint density at radius 1 is 0.833 bits per heavy atom. The number of halogens is 2. The van der Waals surface area contributed by atoms with E-state index in [1.165, 1.54) is 3.57 Å². The third-order valence-electron chi connectivity index (χ3n) is 1.93. The van der Waals surface area contributed by atoms with Crippen LogP contribution in [0.3, 0.4) is 0 Å². The zero-order valence-corrected chi connectivity index (χ0v) is 13.4. The zero-order chi connectivity index (χ0) is 12.8. The summed E-state index contributed by atoms with van der Waals surface area (Å²) < 4.78 is 11.8. The van der Waals surface area contributed by atoms with Crippen LogP contribution in [0.25, 0.3) is 11.5 Å². The zero-order valence-electron chi connectivity index (χ0n) is 9.09. The maximum absolute atomic E-state index is 5.15. The predicted octanol–water partition coefficient (Wildman–Crippen LogP) is 4.23. The van der Waals surface area contributed by atoms with Crippen molar-refractivity contribution in [3.63, 3.8) is 0 Å². The van der Waals surface area contributed by atoms with Crippen molar-refractivity contribution < 1.29 is 8.83 Å². The monoisotopic (exact) mass is 466 g/mol. The summed E-state index contributed by atoms with van der Waals surface area (Å²) in [6.07, 6.45) is 6.38. The highest BCUT2D eigenvalue weighted by molar-refractivity contribution is 14.1. The lowest BCUT2D eigenvalue weighted by molar-refractivity contribution is 0.525. The molecule has 0 atom stereocenters. The van der Waals surface area contributed by atoms with Gasteiger partial charge in [-0.25, -0.2) is 9.97 Å². The first-order chi connectivity index (χ1) is 8.75. The molecule has 92 valence electrons. The van der Waals surface area contributed by atoms with Gasteiger partial charge in [0, 0.05) is 31.7 Å². The maximum atomic E-state index is 5.15. The quantitative estimate of drug-likeness (QED) is 0.505. The van der Waals surface area contributed by atoms with E-state index in [9.17, 15) is 0 Å². The molecular weight excluding hydrogens is 458 g/mol. The molecule has 0 saturated carbocycles. The lowest BCUT2D eigenvalue weighted by Crippen LogP contribution is -1.76. The summed E-state index contributed by atoms with van der Waals surface area (Å²) in [6.45, 7) is 0. The molecule has 3 aromatic rings. The van der Waals surface area contributed by atoms with Gasteiger partial charge in [-0.2, -0.15) is 0 Å². The molecule has 0 saturated heterocycles. The fourth-order valence-electron chi connectivity index (χ4n) is 1.16. The number of oxazole rings is 2. The molecule has 6 heteroatoms. The van der Waals surface area contributed by atoms with Crippen molar-refractivity contribution in [2.24, 2.45) is 0 Å². The Bertz CT molecular complexity index is 563. The fourth-order valence-corrected chi connectivity index (χ4v) is 1.83. The molecule has 0 unspecified atom stereocenters. The third kappa shape index (κ3) is 4.09. The second-order valence-electron chi connectivity index (χ2n) is 3.13. The van der Waals surface area contributed by atoms with E-state index < -0.39 is 0 Å². The average Bonchev–Trinajstić information content (AvgIpc) is 3.03. The van der Waals surface area contributed by atoms with Crippen molar-refractivity contribution in [3.8, 4) is 11.5 Å². The first-order valence-corrected chi connectivity index (χ1v) is 7.12. The molecule has 0 spiro atoms. The predicted molar refractivity (Wildman–Crippen MR) is 83.9 cm³/mol. The highest BCUT2D eigenvalue weighted by Gasteiger charge is 1.99. The van der Waals surface area contributed by atoms with Crippen LogP contribution in [0.15, 0.2) is 58.0 Å². The van der Waals surface area contributed by atoms with Gasteiger partial charge in [-0.1, -0.05) is 0 Å². The van der Waals surface area contributed by atoms with Gasteiger partial charge in [0.05, 0.1) is 12.4 Å². The first kappa shape index (κ1) is 13.5. The van der Waals surface area contributed by atoms with Crippen LogP contribution in [-0.2, 0) is 0 Å². The van der Waals surface area contributed by atoms with Gasteiger partial charge >= 0.3 is 0 Å². The summed E-state index contributed by atoms with van der Waals surface area (Å²) in [7, 11) is 0. The minimum atomic E-state index is 0.673. The number of benzene rings is 1. The van der Waals surface area contributed by atoms with Gasteiger partial charge < -0.3 is 8.83 Å². The van der Waals surface area contributed by atoms with Crippen molar-refractivity contribution in [1.82, 2.24) is 9.97 Å². The summed E-state index contributed by atoms with van der Waals surface area (Å²) in [5.74, 6) is 0.673. The van der Waals surface area contributed by atoms with Gasteiger partial charge in [-0.3, -0.25) is 0 Å². The summed E-state index contributed by atoms with van der Waals surface area (Å²) in [5.41, 5.74) is 1.01. The number of hydrogen-bond donors (Lipinski definition) is 0. The SMILES string of the molecule is Ic1ccc(-c2ncco2)cc1.Ic1ncco1. The molecule has 0 bridgehead atoms. The van der Waals surface area contributed by atoms with Gasteiger partial charge in [0.2, 0.25) is 5.89 Å². The van der Waals surface area contributed by atoms with Gasteiger partial charge in [-0.05, 0) is 46.9 Å². The van der Waals surface area contributed by atoms with Crippen molar-refractivity contribution >= 4 is 45.2 Å². The molecule has 1 aromatic carbocycles. The molecule has 0 N–H and O–H groups in total. The van der Waals surface area contributed by atoms with E-state index >= 15 is 0 Å². The van der Waals surface area contributed by atoms with Crippen LogP contribution in [0.2, 0.25) is 0 Å². The smallest absolute Gasteiger partial charge is 0.257 e. The molecule has 0 aliphatic heterocycles. The van der Waals surface area contributed by atoms with Gasteiger partial charge in [0.1, 0.15) is 12.5 Å². The van der Waals surface area contributed by atoms with Crippen LogP contribution >= 0.6 is 45.2 Å². The van der Waals surface area contributed by atoms with E-state index in [2.05, 4.69) is 32.6 Å². The van der Waals surface area contributed by atoms with Gasteiger partial charge in [0.15, 0.2) is 0 Å². The third-order valence-corrected chi connectivity index (χ3v) is 3.18. The maximum Gasteiger partial charge on any atom is 0.257 e. The molecule has 2 heterocycles. The molecule has 3 rings (SSSR count). The van der Waals surface area contributed by atoms with Crippen LogP contribution in [0.5, 0.6) is 0 Å². The molecule has 0 aliphatic carbocycles. The standard InChI is InChI=1S/C9H6INO.C3H2INO/c10-8-3-1-7(2-4-8)9-11-5-6-12-9;4-3-5-1-2-6-3/h1-6H;1-2H. The average molecular weight is 466 g/mol. The van der Waals surface area contributed by atoms with Crippen LogP contribution in [-0.4, -0.2) is 9.97 Å². The van der Waals surface area contributed by atoms with Crippen LogP contribution in [0, 0.1) is 7.47 Å². The van der Waals surface area contributed by atoms with E-state index in [1.807, 2.05) is 46.9 Å². The molecule has 0 aliphatic rings. The normalized spacial score (nSPS) is 9.67. The Morgan fingerprint density at radius 2 is 1.50 bits per heavy atom. The summed E-state index contributed by atoms with van der Waals surface area (Å²) in [4.78, 5) is 7.78. The van der Waals surface area contributed by atoms with Crippen LogP contribution in [0.1, 0.15) is 0 Å². The van der Waals surface area contributed by atoms with Crippen molar-refractivity contribution in [1.29, 1.82) is 0 Å². The van der Waals surface area contributed by atoms with Gasteiger partial charge in [-0.15, -0.1) is 0 Å². The van der Waals surface area contributed by atoms with E-state index in [4.69, 9.17) is 8.83 Å². The Morgan fingerprint density at radius 3 is 1.94 bits per heavy atom. The Labute approximate surface area is 131 Å². The molecule has 2 aromatic heterocycles. The summed E-state index contributed by atoms with van der Waals surface area (Å²) >= 11 is 4.26. The van der Waals surface area contributed by atoms with E-state index in [1.54, 1.807) is 24.9 Å². The van der Waals surface area contributed by atoms with Crippen molar-refractivity contribution in [2.45, 2.75) is 0 Å². The lowest BCUT2D eigenvalue weighted by atomic mass is 10.2. The molecular formula is C12H8I2N2O2. The van der Waals surface area contributed by atoms with Crippen LogP contribution in [0.4, 0.5) is 0 Å². The summed E-state index contributed by atoms with van der Waals surface area (Å²) in [5, 5.41) is 0. The van der Waals surface area contributed by atoms with Gasteiger partial charge in [0.25, 0.3) is 3.90 Å². The molecule has 0 fully saturated rings. The molecule has 18 heavy (non-hydrogen) atoms. The van der Waals surface area contributed by atoms with Crippen LogP contribution < -0.4 is 0 Å². The van der Waals surface area contributed by atoms with E-state index in [0.717, 1.165) is 5.56 Å². The minimum absolute atomic E-state index is 0.673. The van der Waals surface area contributed by atoms with E-state index in [-0.39, 0.29) is 0 Å². The molecule has 0 amide bonds. The number of hydrogen-bond acceptors (Lipinski definition) is 4. The lowest BCUT2D eigenvalue weighted by Gasteiger charge is -1.93. The topological polar surface area (TPSA) is 52.1 Å². The first-order valence-electron chi connectivity index (χ1n) is 4.96. The second kappa shape index (κ2) is 6.88. The Balaban J connectivity index is 0.000000169. The molecule has 4 nitrogen and oxygen atoms in total. The fraction of sp³-hybridized carbons (Fsp3) is 0. The second-order valence-corrected chi connectivity index (χ2v) is 5.30. The number of rotatable bonds is 1. The minimum Gasteiger partial charge on any atom is -0.445 e. The Hall–Kier alpha value is -0.900. The number of nitrogens with zero attached hydrogens (tertiary/aromatic N) is 2.